The molecule has 0 aromatic heterocycles. The van der Waals surface area contributed by atoms with Gasteiger partial charge in [0.1, 0.15) is 0 Å². The molecule has 0 aliphatic heterocycles. The van der Waals surface area contributed by atoms with E-state index < -0.39 is 0 Å². The van der Waals surface area contributed by atoms with Crippen LogP contribution in [0.25, 0.3) is 0 Å². The van der Waals surface area contributed by atoms with Crippen LogP contribution in [0.15, 0.2) is 0 Å². The first kappa shape index (κ1) is 10.9. The topological polar surface area (TPSA) is 35.5 Å². The predicted octanol–water partition coefficient (Wildman–Crippen LogP) is -0.0915. The fourth-order valence-electron chi connectivity index (χ4n) is 1.08. The van der Waals surface area contributed by atoms with Gasteiger partial charge < -0.3 is 15.3 Å². The minimum atomic E-state index is -0.236. The van der Waals surface area contributed by atoms with Gasteiger partial charge in [0.15, 0.2) is 0 Å². The van der Waals surface area contributed by atoms with Gasteiger partial charge >= 0.3 is 0 Å². The summed E-state index contributed by atoms with van der Waals surface area (Å²) in [5.74, 6) is 0. The second kappa shape index (κ2) is 6.58. The number of hydrogen-bond acceptors (Lipinski definition) is 3. The minimum Gasteiger partial charge on any atom is -0.390 e. The molecule has 3 heteroatoms. The average Bonchev–Trinajstić information content (AvgIpc) is 2.01. The van der Waals surface area contributed by atoms with E-state index in [0.29, 0.717) is 6.54 Å². The Kier molecular flexibility index (Phi) is 6.51. The van der Waals surface area contributed by atoms with E-state index in [1.165, 1.54) is 0 Å². The van der Waals surface area contributed by atoms with Gasteiger partial charge in [-0.25, -0.2) is 0 Å². The van der Waals surface area contributed by atoms with Crippen molar-refractivity contribution >= 4 is 0 Å². The Hall–Kier alpha value is -0.120. The van der Waals surface area contributed by atoms with Gasteiger partial charge in [0.05, 0.1) is 6.10 Å². The average molecular weight is 160 g/mol. The first-order valence-corrected chi connectivity index (χ1v) is 4.29. The third-order valence-electron chi connectivity index (χ3n) is 1.80. The number of nitrogens with one attached hydrogen (secondary N) is 1. The Morgan fingerprint density at radius 2 is 1.91 bits per heavy atom. The lowest BCUT2D eigenvalue weighted by molar-refractivity contribution is 0.118. The quantitative estimate of drug-likeness (QED) is 0.570. The highest BCUT2D eigenvalue weighted by molar-refractivity contribution is 4.63. The lowest BCUT2D eigenvalue weighted by Gasteiger charge is -2.21. The second-order valence-corrected chi connectivity index (χ2v) is 2.70. The van der Waals surface area contributed by atoms with Gasteiger partial charge in [-0.05, 0) is 20.1 Å². The van der Waals surface area contributed by atoms with Crippen LogP contribution in [0, 0.1) is 0 Å². The summed E-state index contributed by atoms with van der Waals surface area (Å²) in [4.78, 5) is 2.21. The second-order valence-electron chi connectivity index (χ2n) is 2.70. The number of likely N-dealkylation sites (N-methyl/N-ethyl adjacent to an activating group) is 2. The zero-order valence-electron chi connectivity index (χ0n) is 7.80. The van der Waals surface area contributed by atoms with E-state index in [4.69, 9.17) is 0 Å². The molecule has 2 N–H and O–H groups in total. The van der Waals surface area contributed by atoms with Crippen LogP contribution >= 0.6 is 0 Å². The Morgan fingerprint density at radius 1 is 1.36 bits per heavy atom. The first-order valence-electron chi connectivity index (χ1n) is 4.29. The lowest BCUT2D eigenvalue weighted by atomic mass is 10.3. The molecule has 0 amide bonds. The van der Waals surface area contributed by atoms with E-state index in [-0.39, 0.29) is 6.10 Å². The van der Waals surface area contributed by atoms with E-state index in [1.807, 2.05) is 7.05 Å². The number of rotatable bonds is 6. The zero-order chi connectivity index (χ0) is 8.69. The van der Waals surface area contributed by atoms with E-state index in [2.05, 4.69) is 24.1 Å². The molecule has 3 nitrogen and oxygen atoms in total. The Balaban J connectivity index is 3.44. The summed E-state index contributed by atoms with van der Waals surface area (Å²) in [5.41, 5.74) is 0. The molecule has 1 atom stereocenters. The molecule has 0 fully saturated rings. The first-order chi connectivity index (χ1) is 5.24. The third kappa shape index (κ3) is 5.18. The van der Waals surface area contributed by atoms with E-state index in [9.17, 15) is 5.11 Å². The van der Waals surface area contributed by atoms with Crippen molar-refractivity contribution in [1.29, 1.82) is 0 Å². The van der Waals surface area contributed by atoms with Crippen LogP contribution in [0.5, 0.6) is 0 Å². The van der Waals surface area contributed by atoms with Crippen molar-refractivity contribution in [2.75, 3.05) is 33.2 Å². The number of aliphatic hydroxyl groups is 1. The van der Waals surface area contributed by atoms with Gasteiger partial charge in [-0.15, -0.1) is 0 Å². The van der Waals surface area contributed by atoms with Crippen molar-refractivity contribution in [2.45, 2.75) is 20.0 Å². The van der Waals surface area contributed by atoms with Crippen LogP contribution in [-0.2, 0) is 0 Å². The van der Waals surface area contributed by atoms with E-state index >= 15 is 0 Å². The summed E-state index contributed by atoms with van der Waals surface area (Å²) in [6, 6.07) is 0. The molecule has 0 aromatic rings. The predicted molar refractivity (Wildman–Crippen MR) is 47.7 cm³/mol. The molecule has 68 valence electrons. The maximum Gasteiger partial charge on any atom is 0.0791 e. The molecule has 0 unspecified atom stereocenters. The maximum atomic E-state index is 9.38. The van der Waals surface area contributed by atoms with Crippen LogP contribution < -0.4 is 5.32 Å². The highest BCUT2D eigenvalue weighted by Gasteiger charge is 2.06. The molecule has 0 saturated heterocycles. The Labute approximate surface area is 69.4 Å². The van der Waals surface area contributed by atoms with Crippen LogP contribution in [-0.4, -0.2) is 49.3 Å². The normalized spacial score (nSPS) is 13.9. The minimum absolute atomic E-state index is 0.236. The Morgan fingerprint density at radius 3 is 2.27 bits per heavy atom. The number of nitrogens with zero attached hydrogens (tertiary/aromatic N) is 1. The fourth-order valence-corrected chi connectivity index (χ4v) is 1.08. The van der Waals surface area contributed by atoms with Crippen molar-refractivity contribution in [3.05, 3.63) is 0 Å². The summed E-state index contributed by atoms with van der Waals surface area (Å²) in [6.45, 7) is 7.68. The molecule has 0 aliphatic rings. The van der Waals surface area contributed by atoms with Crippen LogP contribution in [0.1, 0.15) is 13.8 Å². The van der Waals surface area contributed by atoms with Gasteiger partial charge in [0, 0.05) is 13.1 Å². The summed E-state index contributed by atoms with van der Waals surface area (Å²) in [6.07, 6.45) is -0.236. The van der Waals surface area contributed by atoms with Gasteiger partial charge in [-0.3, -0.25) is 0 Å². The lowest BCUT2D eigenvalue weighted by Crippen LogP contribution is -2.37. The van der Waals surface area contributed by atoms with Crippen LogP contribution in [0.4, 0.5) is 0 Å². The summed E-state index contributed by atoms with van der Waals surface area (Å²) in [7, 11) is 1.85. The van der Waals surface area contributed by atoms with Gasteiger partial charge in [-0.1, -0.05) is 13.8 Å². The molecule has 0 radical (unpaired) electrons. The standard InChI is InChI=1S/C8H20N2O/c1-4-10(5-2)7-8(11)6-9-3/h8-9,11H,4-7H2,1-3H3/t8-/m0/s1. The molecule has 11 heavy (non-hydrogen) atoms. The summed E-state index contributed by atoms with van der Waals surface area (Å²) >= 11 is 0. The Bertz CT molecular complexity index is 84.2. The summed E-state index contributed by atoms with van der Waals surface area (Å²) < 4.78 is 0. The highest BCUT2D eigenvalue weighted by atomic mass is 16.3. The molecular formula is C8H20N2O. The fraction of sp³-hybridized carbons (Fsp3) is 1.00. The molecule has 0 saturated carbocycles. The molecule has 0 spiro atoms. The van der Waals surface area contributed by atoms with Gasteiger partial charge in [0.25, 0.3) is 0 Å². The number of hydrogen-bond donors (Lipinski definition) is 2. The summed E-state index contributed by atoms with van der Waals surface area (Å²) in [5, 5.41) is 12.3. The van der Waals surface area contributed by atoms with Crippen molar-refractivity contribution in [3.8, 4) is 0 Å². The smallest absolute Gasteiger partial charge is 0.0791 e. The van der Waals surface area contributed by atoms with Gasteiger partial charge in [-0.2, -0.15) is 0 Å². The van der Waals surface area contributed by atoms with E-state index in [1.54, 1.807) is 0 Å². The van der Waals surface area contributed by atoms with Crippen molar-refractivity contribution in [1.82, 2.24) is 10.2 Å². The van der Waals surface area contributed by atoms with Crippen LogP contribution in [0.3, 0.4) is 0 Å². The van der Waals surface area contributed by atoms with Crippen molar-refractivity contribution in [3.63, 3.8) is 0 Å². The highest BCUT2D eigenvalue weighted by Crippen LogP contribution is 1.90. The maximum absolute atomic E-state index is 9.38. The van der Waals surface area contributed by atoms with E-state index in [0.717, 1.165) is 19.6 Å². The zero-order valence-corrected chi connectivity index (χ0v) is 7.80. The SMILES string of the molecule is CCN(CC)C[C@@H](O)CNC. The molecule has 0 aliphatic carbocycles. The molecule has 0 aromatic carbocycles. The molecule has 0 heterocycles. The monoisotopic (exact) mass is 160 g/mol. The number of aliphatic hydroxyl groups excluding tert-OH is 1. The molecule has 0 rings (SSSR count). The molecular weight excluding hydrogens is 140 g/mol. The van der Waals surface area contributed by atoms with Gasteiger partial charge in [0.2, 0.25) is 0 Å². The van der Waals surface area contributed by atoms with Crippen LogP contribution in [0.2, 0.25) is 0 Å². The third-order valence-corrected chi connectivity index (χ3v) is 1.80. The largest absolute Gasteiger partial charge is 0.390 e. The molecule has 0 bridgehead atoms. The van der Waals surface area contributed by atoms with Crippen molar-refractivity contribution in [2.24, 2.45) is 0 Å². The van der Waals surface area contributed by atoms with Crippen molar-refractivity contribution < 1.29 is 5.11 Å².